The highest BCUT2D eigenvalue weighted by Crippen LogP contribution is 2.18. The van der Waals surface area contributed by atoms with E-state index in [1.165, 1.54) is 0 Å². The first-order chi connectivity index (χ1) is 13.8. The Hall–Kier alpha value is -3.02. The highest BCUT2D eigenvalue weighted by atomic mass is 16.5. The van der Waals surface area contributed by atoms with Gasteiger partial charge in [-0.2, -0.15) is 0 Å². The molecule has 2 aromatic rings. The lowest BCUT2D eigenvalue weighted by Gasteiger charge is -2.12. The van der Waals surface area contributed by atoms with Gasteiger partial charge in [0.2, 0.25) is 11.8 Å². The van der Waals surface area contributed by atoms with Crippen LogP contribution in [0.1, 0.15) is 25.8 Å². The van der Waals surface area contributed by atoms with E-state index >= 15 is 0 Å². The molecule has 0 fully saturated rings. The maximum Gasteiger partial charge on any atom is 0.243 e. The number of hydrogen-bond donors (Lipinski definition) is 2. The monoisotopic (exact) mass is 397 g/mol. The van der Waals surface area contributed by atoms with Gasteiger partial charge in [-0.05, 0) is 42.2 Å². The molecule has 2 amide bonds. The Labute approximate surface area is 173 Å². The zero-order chi connectivity index (χ0) is 21.2. The molecule has 2 N–H and O–H groups in total. The summed E-state index contributed by atoms with van der Waals surface area (Å²) in [7, 11) is 3.50. The van der Waals surface area contributed by atoms with E-state index < -0.39 is 0 Å². The van der Waals surface area contributed by atoms with Crippen molar-refractivity contribution in [3.63, 3.8) is 0 Å². The summed E-state index contributed by atoms with van der Waals surface area (Å²) in [5.41, 5.74) is 2.57. The number of carbonyl (C=O) groups excluding carboxylic acids is 2. The van der Waals surface area contributed by atoms with Gasteiger partial charge < -0.3 is 20.3 Å². The second-order valence-corrected chi connectivity index (χ2v) is 7.62. The minimum absolute atomic E-state index is 0.0863. The number of nitrogens with one attached hydrogen (secondary N) is 2. The lowest BCUT2D eigenvalue weighted by Crippen LogP contribution is -2.22. The third-order valence-electron chi connectivity index (χ3n) is 4.21. The standard InChI is InChI=1S/C23H31N3O3/c1-17(2)16-29-21-10-6-8-19(14-21)24-15-22(27)25-20-9-5-7-18(13-20)11-12-23(28)26(3)4/h5-10,13-14,17,24H,11-12,15-16H2,1-4H3,(H,25,27). The molecule has 0 aliphatic heterocycles. The van der Waals surface area contributed by atoms with E-state index in [0.29, 0.717) is 25.4 Å². The second-order valence-electron chi connectivity index (χ2n) is 7.62. The zero-order valence-electron chi connectivity index (χ0n) is 17.7. The molecule has 0 radical (unpaired) electrons. The first-order valence-corrected chi connectivity index (χ1v) is 9.89. The number of hydrogen-bond acceptors (Lipinski definition) is 4. The van der Waals surface area contributed by atoms with Crippen molar-refractivity contribution in [1.29, 1.82) is 0 Å². The van der Waals surface area contributed by atoms with Crippen molar-refractivity contribution < 1.29 is 14.3 Å². The molecule has 2 rings (SSSR count). The van der Waals surface area contributed by atoms with Crippen LogP contribution in [0.15, 0.2) is 48.5 Å². The molecule has 0 bridgehead atoms. The molecular formula is C23H31N3O3. The highest BCUT2D eigenvalue weighted by molar-refractivity contribution is 5.93. The molecule has 0 spiro atoms. The summed E-state index contributed by atoms with van der Waals surface area (Å²) >= 11 is 0. The van der Waals surface area contributed by atoms with Crippen LogP contribution in [-0.2, 0) is 16.0 Å². The number of aryl methyl sites for hydroxylation is 1. The highest BCUT2D eigenvalue weighted by Gasteiger charge is 2.07. The van der Waals surface area contributed by atoms with Gasteiger partial charge >= 0.3 is 0 Å². The van der Waals surface area contributed by atoms with Gasteiger partial charge in [-0.25, -0.2) is 0 Å². The fourth-order valence-electron chi connectivity index (χ4n) is 2.63. The Bertz CT molecular complexity index is 819. The van der Waals surface area contributed by atoms with Gasteiger partial charge in [0, 0.05) is 38.0 Å². The van der Waals surface area contributed by atoms with Gasteiger partial charge in [-0.3, -0.25) is 9.59 Å². The normalized spacial score (nSPS) is 10.5. The molecule has 0 atom stereocenters. The molecule has 0 aliphatic rings. The van der Waals surface area contributed by atoms with Crippen molar-refractivity contribution in [2.45, 2.75) is 26.7 Å². The van der Waals surface area contributed by atoms with Gasteiger partial charge in [0.05, 0.1) is 13.2 Å². The summed E-state index contributed by atoms with van der Waals surface area (Å²) in [5, 5.41) is 6.01. The molecule has 0 saturated heterocycles. The summed E-state index contributed by atoms with van der Waals surface area (Å²) < 4.78 is 5.71. The van der Waals surface area contributed by atoms with Crippen molar-refractivity contribution in [2.75, 3.05) is 37.9 Å². The van der Waals surface area contributed by atoms with E-state index in [0.717, 1.165) is 22.7 Å². The van der Waals surface area contributed by atoms with Crippen LogP contribution in [0.2, 0.25) is 0 Å². The van der Waals surface area contributed by atoms with E-state index in [2.05, 4.69) is 24.5 Å². The molecule has 0 aliphatic carbocycles. The summed E-state index contributed by atoms with van der Waals surface area (Å²) in [6.07, 6.45) is 1.09. The van der Waals surface area contributed by atoms with Crippen LogP contribution in [0.5, 0.6) is 5.75 Å². The molecule has 6 heteroatoms. The van der Waals surface area contributed by atoms with Gasteiger partial charge in [-0.1, -0.05) is 32.0 Å². The van der Waals surface area contributed by atoms with Crippen LogP contribution in [0, 0.1) is 5.92 Å². The molecular weight excluding hydrogens is 366 g/mol. The van der Waals surface area contributed by atoms with Crippen LogP contribution in [0.4, 0.5) is 11.4 Å². The van der Waals surface area contributed by atoms with E-state index in [1.807, 2.05) is 48.5 Å². The Kier molecular flexibility index (Phi) is 8.52. The average molecular weight is 398 g/mol. The van der Waals surface area contributed by atoms with Crippen LogP contribution in [0.25, 0.3) is 0 Å². The third-order valence-corrected chi connectivity index (χ3v) is 4.21. The Balaban J connectivity index is 1.84. The molecule has 29 heavy (non-hydrogen) atoms. The number of benzene rings is 2. The van der Waals surface area contributed by atoms with Crippen molar-refractivity contribution in [2.24, 2.45) is 5.92 Å². The van der Waals surface area contributed by atoms with Crippen LogP contribution in [-0.4, -0.2) is 44.0 Å². The van der Waals surface area contributed by atoms with Crippen molar-refractivity contribution in [3.05, 3.63) is 54.1 Å². The van der Waals surface area contributed by atoms with Gasteiger partial charge in [-0.15, -0.1) is 0 Å². The van der Waals surface area contributed by atoms with Crippen LogP contribution < -0.4 is 15.4 Å². The lowest BCUT2D eigenvalue weighted by atomic mass is 10.1. The minimum Gasteiger partial charge on any atom is -0.493 e. The summed E-state index contributed by atoms with van der Waals surface area (Å²) in [6.45, 7) is 5.00. The largest absolute Gasteiger partial charge is 0.493 e. The Morgan fingerprint density at radius 3 is 2.48 bits per heavy atom. The first kappa shape index (κ1) is 22.3. The fourth-order valence-corrected chi connectivity index (χ4v) is 2.63. The summed E-state index contributed by atoms with van der Waals surface area (Å²) in [6, 6.07) is 15.2. The third kappa shape index (κ3) is 8.25. The first-order valence-electron chi connectivity index (χ1n) is 9.89. The SMILES string of the molecule is CC(C)COc1cccc(NCC(=O)Nc2cccc(CCC(=O)N(C)C)c2)c1. The van der Waals surface area contributed by atoms with Crippen molar-refractivity contribution >= 4 is 23.2 Å². The number of nitrogens with zero attached hydrogens (tertiary/aromatic N) is 1. The molecule has 0 heterocycles. The molecule has 156 valence electrons. The Morgan fingerprint density at radius 1 is 1.03 bits per heavy atom. The number of rotatable bonds is 10. The minimum atomic E-state index is -0.139. The van der Waals surface area contributed by atoms with Gasteiger partial charge in [0.1, 0.15) is 5.75 Å². The number of carbonyl (C=O) groups is 2. The maximum absolute atomic E-state index is 12.3. The summed E-state index contributed by atoms with van der Waals surface area (Å²) in [5.74, 6) is 1.18. The average Bonchev–Trinajstić information content (AvgIpc) is 2.69. The van der Waals surface area contributed by atoms with E-state index in [4.69, 9.17) is 4.74 Å². The predicted octanol–water partition coefficient (Wildman–Crippen LogP) is 3.79. The smallest absolute Gasteiger partial charge is 0.243 e. The zero-order valence-corrected chi connectivity index (χ0v) is 17.7. The van der Waals surface area contributed by atoms with Crippen LogP contribution in [0.3, 0.4) is 0 Å². The number of amides is 2. The fraction of sp³-hybridized carbons (Fsp3) is 0.391. The topological polar surface area (TPSA) is 70.7 Å². The van der Waals surface area contributed by atoms with Crippen molar-refractivity contribution in [1.82, 2.24) is 4.90 Å². The quantitative estimate of drug-likeness (QED) is 0.640. The van der Waals surface area contributed by atoms with E-state index in [9.17, 15) is 9.59 Å². The lowest BCUT2D eigenvalue weighted by molar-refractivity contribution is -0.128. The van der Waals surface area contributed by atoms with Crippen molar-refractivity contribution in [3.8, 4) is 5.75 Å². The second kappa shape index (κ2) is 11.1. The summed E-state index contributed by atoms with van der Waals surface area (Å²) in [4.78, 5) is 25.6. The molecule has 0 unspecified atom stereocenters. The molecule has 6 nitrogen and oxygen atoms in total. The number of anilines is 2. The molecule has 2 aromatic carbocycles. The Morgan fingerprint density at radius 2 is 1.76 bits per heavy atom. The maximum atomic E-state index is 12.3. The van der Waals surface area contributed by atoms with Gasteiger partial charge in [0.15, 0.2) is 0 Å². The predicted molar refractivity (Wildman–Crippen MR) is 117 cm³/mol. The van der Waals surface area contributed by atoms with Gasteiger partial charge in [0.25, 0.3) is 0 Å². The molecule has 0 aromatic heterocycles. The van der Waals surface area contributed by atoms with Crippen LogP contribution >= 0.6 is 0 Å². The molecule has 0 saturated carbocycles. The number of ether oxygens (including phenoxy) is 1. The van der Waals surface area contributed by atoms with E-state index in [-0.39, 0.29) is 18.4 Å². The van der Waals surface area contributed by atoms with E-state index in [1.54, 1.807) is 19.0 Å².